The van der Waals surface area contributed by atoms with Crippen LogP contribution in [0.15, 0.2) is 12.1 Å². The van der Waals surface area contributed by atoms with Gasteiger partial charge < -0.3 is 14.2 Å². The molecule has 162 valence electrons. The van der Waals surface area contributed by atoms with Gasteiger partial charge in [-0.3, -0.25) is 4.79 Å². The molecular formula is C23H32F2O4. The third kappa shape index (κ3) is 6.89. The first-order valence-electron chi connectivity index (χ1n) is 10.4. The van der Waals surface area contributed by atoms with E-state index in [4.69, 9.17) is 14.2 Å². The van der Waals surface area contributed by atoms with Crippen LogP contribution in [0.3, 0.4) is 0 Å². The van der Waals surface area contributed by atoms with Gasteiger partial charge in [0.25, 0.3) is 0 Å². The lowest BCUT2D eigenvalue weighted by atomic mass is 9.77. The molecule has 1 aromatic carbocycles. The molecule has 0 radical (unpaired) electrons. The van der Waals surface area contributed by atoms with Crippen molar-refractivity contribution < 1.29 is 27.8 Å². The normalized spacial score (nSPS) is 19.6. The monoisotopic (exact) mass is 410 g/mol. The van der Waals surface area contributed by atoms with Crippen molar-refractivity contribution >= 4 is 11.9 Å². The van der Waals surface area contributed by atoms with Gasteiger partial charge in [-0.05, 0) is 68.2 Å². The van der Waals surface area contributed by atoms with Crippen molar-refractivity contribution in [2.24, 2.45) is 5.92 Å². The van der Waals surface area contributed by atoms with Crippen LogP contribution in [0, 0.1) is 17.6 Å². The first-order chi connectivity index (χ1) is 14.0. The summed E-state index contributed by atoms with van der Waals surface area (Å²) in [5.41, 5.74) is 0.716. The first kappa shape index (κ1) is 23.5. The predicted octanol–water partition coefficient (Wildman–Crippen LogP) is 5.64. The van der Waals surface area contributed by atoms with Crippen molar-refractivity contribution in [2.75, 3.05) is 27.1 Å². The largest absolute Gasteiger partial charge is 0.464 e. The van der Waals surface area contributed by atoms with Gasteiger partial charge in [0, 0.05) is 12.7 Å². The molecule has 29 heavy (non-hydrogen) atoms. The van der Waals surface area contributed by atoms with E-state index < -0.39 is 11.6 Å². The molecule has 0 aromatic heterocycles. The average Bonchev–Trinajstić information content (AvgIpc) is 2.71. The zero-order valence-corrected chi connectivity index (χ0v) is 17.6. The Balaban J connectivity index is 2.23. The van der Waals surface area contributed by atoms with E-state index in [0.29, 0.717) is 23.7 Å². The summed E-state index contributed by atoms with van der Waals surface area (Å²) >= 11 is 0. The summed E-state index contributed by atoms with van der Waals surface area (Å²) in [6.07, 6.45) is 8.89. The van der Waals surface area contributed by atoms with E-state index in [-0.39, 0.29) is 30.9 Å². The molecule has 6 heteroatoms. The summed E-state index contributed by atoms with van der Waals surface area (Å²) in [7, 11) is 1.54. The van der Waals surface area contributed by atoms with E-state index in [1.54, 1.807) is 13.2 Å². The predicted molar refractivity (Wildman–Crippen MR) is 109 cm³/mol. The number of hydrogen-bond donors (Lipinski definition) is 0. The van der Waals surface area contributed by atoms with Gasteiger partial charge in [0.2, 0.25) is 5.82 Å². The van der Waals surface area contributed by atoms with Gasteiger partial charge >= 0.3 is 0 Å². The number of allylic oxidation sites excluding steroid dienone is 1. The fraction of sp³-hybridized carbons (Fsp3) is 0.609. The topological polar surface area (TPSA) is 44.8 Å². The molecule has 1 aromatic rings. The van der Waals surface area contributed by atoms with Crippen molar-refractivity contribution in [3.8, 4) is 5.75 Å². The molecule has 1 saturated carbocycles. The van der Waals surface area contributed by atoms with Crippen LogP contribution in [0.4, 0.5) is 8.78 Å². The summed E-state index contributed by atoms with van der Waals surface area (Å²) in [5, 5.41) is 0. The van der Waals surface area contributed by atoms with E-state index in [1.165, 1.54) is 25.5 Å². The van der Waals surface area contributed by atoms with Gasteiger partial charge in [0.15, 0.2) is 24.1 Å². The number of carbonyl (C=O) groups excluding carboxylic acids is 1. The fourth-order valence-electron chi connectivity index (χ4n) is 3.90. The zero-order valence-electron chi connectivity index (χ0n) is 17.6. The third-order valence-electron chi connectivity index (χ3n) is 5.42. The van der Waals surface area contributed by atoms with E-state index >= 15 is 0 Å². The molecule has 2 rings (SSSR count). The Kier molecular flexibility index (Phi) is 9.74. The minimum Gasteiger partial charge on any atom is -0.464 e. The molecule has 0 aliphatic heterocycles. The van der Waals surface area contributed by atoms with Crippen LogP contribution in [0.1, 0.15) is 69.4 Å². The number of hydrogen-bond acceptors (Lipinski definition) is 4. The van der Waals surface area contributed by atoms with Crippen LogP contribution in [-0.4, -0.2) is 32.9 Å². The molecule has 0 atom stereocenters. The molecule has 0 amide bonds. The van der Waals surface area contributed by atoms with Gasteiger partial charge in [-0.25, -0.2) is 4.39 Å². The van der Waals surface area contributed by atoms with E-state index in [2.05, 4.69) is 6.92 Å². The minimum atomic E-state index is -1.03. The highest BCUT2D eigenvalue weighted by atomic mass is 19.2. The lowest BCUT2D eigenvalue weighted by molar-refractivity contribution is -0.112. The molecular weight excluding hydrogens is 378 g/mol. The van der Waals surface area contributed by atoms with Crippen molar-refractivity contribution in [1.29, 1.82) is 0 Å². The van der Waals surface area contributed by atoms with Gasteiger partial charge in [0.05, 0.1) is 13.2 Å². The maximum Gasteiger partial charge on any atom is 0.201 e. The average molecular weight is 411 g/mol. The van der Waals surface area contributed by atoms with Crippen molar-refractivity contribution in [1.82, 2.24) is 0 Å². The molecule has 4 nitrogen and oxygen atoms in total. The van der Waals surface area contributed by atoms with E-state index in [9.17, 15) is 13.6 Å². The maximum absolute atomic E-state index is 14.9. The fourth-order valence-corrected chi connectivity index (χ4v) is 3.90. The van der Waals surface area contributed by atoms with Gasteiger partial charge in [-0.1, -0.05) is 19.8 Å². The Labute approximate surface area is 172 Å². The number of rotatable bonds is 11. The van der Waals surface area contributed by atoms with Crippen molar-refractivity contribution in [3.63, 3.8) is 0 Å². The number of methoxy groups -OCH3 is 1. The standard InChI is InChI=1S/C23H32F2O4/c1-4-5-17-7-10-18(11-8-17)20-14-19(9-6-16(2)26)23(22(25)21(20)24)29-15-28-13-12-27-3/h6,9,14,17-18H,4-5,7-8,10-13,15H2,1-3H3/b9-6+. The van der Waals surface area contributed by atoms with Gasteiger partial charge in [0.1, 0.15) is 0 Å². The first-order valence-corrected chi connectivity index (χ1v) is 10.4. The lowest BCUT2D eigenvalue weighted by Crippen LogP contribution is -2.16. The van der Waals surface area contributed by atoms with Crippen LogP contribution < -0.4 is 4.74 Å². The molecule has 0 unspecified atom stereocenters. The van der Waals surface area contributed by atoms with Crippen molar-refractivity contribution in [2.45, 2.75) is 58.3 Å². The number of halogens is 2. The Bertz CT molecular complexity index is 695. The second-order valence-electron chi connectivity index (χ2n) is 7.63. The summed E-state index contributed by atoms with van der Waals surface area (Å²) < 4.78 is 45.2. The molecule has 0 saturated heterocycles. The van der Waals surface area contributed by atoms with E-state index in [1.807, 2.05) is 0 Å². The van der Waals surface area contributed by atoms with Crippen LogP contribution in [0.2, 0.25) is 0 Å². The second-order valence-corrected chi connectivity index (χ2v) is 7.63. The van der Waals surface area contributed by atoms with E-state index in [0.717, 1.165) is 32.1 Å². The minimum absolute atomic E-state index is 0.0194. The lowest BCUT2D eigenvalue weighted by Gasteiger charge is -2.29. The summed E-state index contributed by atoms with van der Waals surface area (Å²) in [6.45, 7) is 3.99. The Morgan fingerprint density at radius 2 is 1.90 bits per heavy atom. The Morgan fingerprint density at radius 1 is 1.17 bits per heavy atom. The zero-order chi connectivity index (χ0) is 21.2. The number of carbonyl (C=O) groups is 1. The number of ketones is 1. The van der Waals surface area contributed by atoms with Gasteiger partial charge in [-0.2, -0.15) is 4.39 Å². The smallest absolute Gasteiger partial charge is 0.201 e. The quantitative estimate of drug-likeness (QED) is 0.269. The third-order valence-corrected chi connectivity index (χ3v) is 5.42. The number of ether oxygens (including phenoxy) is 3. The molecule has 0 spiro atoms. The highest BCUT2D eigenvalue weighted by Gasteiger charge is 2.28. The van der Waals surface area contributed by atoms with Gasteiger partial charge in [-0.15, -0.1) is 0 Å². The van der Waals surface area contributed by atoms with Crippen molar-refractivity contribution in [3.05, 3.63) is 34.9 Å². The molecule has 0 heterocycles. The molecule has 0 bridgehead atoms. The molecule has 0 N–H and O–H groups in total. The SMILES string of the molecule is CCCC1CCC(c2cc(/C=C/C(C)=O)c(OCOCCOC)c(F)c2F)CC1. The molecule has 1 aliphatic rings. The number of benzene rings is 1. The molecule has 1 aliphatic carbocycles. The summed E-state index contributed by atoms with van der Waals surface area (Å²) in [5.74, 6) is -1.66. The van der Waals surface area contributed by atoms with Crippen LogP contribution in [-0.2, 0) is 14.3 Å². The second kappa shape index (κ2) is 12.0. The van der Waals surface area contributed by atoms with Crippen LogP contribution in [0.25, 0.3) is 6.08 Å². The Hall–Kier alpha value is -1.79. The highest BCUT2D eigenvalue weighted by molar-refractivity contribution is 5.92. The molecule has 1 fully saturated rings. The summed E-state index contributed by atoms with van der Waals surface area (Å²) in [6, 6.07) is 1.62. The van der Waals surface area contributed by atoms with Crippen LogP contribution >= 0.6 is 0 Å². The maximum atomic E-state index is 14.9. The van der Waals surface area contributed by atoms with Crippen LogP contribution in [0.5, 0.6) is 5.75 Å². The Morgan fingerprint density at radius 3 is 2.52 bits per heavy atom. The summed E-state index contributed by atoms with van der Waals surface area (Å²) in [4.78, 5) is 11.4. The highest BCUT2D eigenvalue weighted by Crippen LogP contribution is 2.41.